The first-order chi connectivity index (χ1) is 20.7. The van der Waals surface area contributed by atoms with Gasteiger partial charge in [0.25, 0.3) is 0 Å². The highest BCUT2D eigenvalue weighted by molar-refractivity contribution is 7.98. The molecule has 2 nitrogen and oxygen atoms in total. The maximum absolute atomic E-state index is 11.8. The molecule has 4 rings (SSSR count). The highest BCUT2D eigenvalue weighted by Crippen LogP contribution is 2.48. The molecule has 4 aromatic rings. The quantitative estimate of drug-likeness (QED) is 0.105. The van der Waals surface area contributed by atoms with Gasteiger partial charge in [-0.3, -0.25) is 0 Å². The minimum absolute atomic E-state index is 0.307. The molecule has 0 unspecified atom stereocenters. The van der Waals surface area contributed by atoms with Gasteiger partial charge in [-0.1, -0.05) is 127 Å². The normalized spacial score (nSPS) is 11.6. The van der Waals surface area contributed by atoms with Crippen molar-refractivity contribution in [2.75, 3.05) is 11.5 Å². The fourth-order valence-electron chi connectivity index (χ4n) is 5.85. The molecule has 0 radical (unpaired) electrons. The number of unbranched alkanes of at least 4 members (excludes halogenated alkanes) is 10. The molecule has 0 atom stereocenters. The van der Waals surface area contributed by atoms with Crippen LogP contribution in [0.2, 0.25) is 0 Å². The summed E-state index contributed by atoms with van der Waals surface area (Å²) >= 11 is 3.81. The zero-order chi connectivity index (χ0) is 29.6. The van der Waals surface area contributed by atoms with Crippen LogP contribution in [0.5, 0.6) is 11.5 Å². The zero-order valence-corrected chi connectivity index (χ0v) is 27.4. The van der Waals surface area contributed by atoms with E-state index in [4.69, 9.17) is 0 Å². The Morgan fingerprint density at radius 1 is 0.500 bits per heavy atom. The largest absolute Gasteiger partial charge is 0.507 e. The first-order valence-corrected chi connectivity index (χ1v) is 18.6. The number of thioether (sulfide) groups is 2. The maximum atomic E-state index is 11.8. The third-order valence-electron chi connectivity index (χ3n) is 8.25. The van der Waals surface area contributed by atoms with Crippen molar-refractivity contribution in [3.63, 3.8) is 0 Å². The van der Waals surface area contributed by atoms with E-state index in [1.54, 1.807) is 0 Å². The minimum Gasteiger partial charge on any atom is -0.507 e. The van der Waals surface area contributed by atoms with Crippen molar-refractivity contribution in [2.45, 2.75) is 102 Å². The molecule has 0 saturated carbocycles. The first-order valence-electron chi connectivity index (χ1n) is 16.3. The standard InChI is InChI=1S/C38H50O2S2/c1-3-5-7-9-11-17-23-41-27-31-25-29-19-13-15-21-33(29)35(37(31)39)36-34-22-16-14-20-30(34)26-32(38(36)40)28-42-24-18-12-10-8-6-4-2/h13-16,19-22,25-26,39-40H,3-12,17-18,23-24,27-28H2,1-2H3. The molecule has 0 saturated heterocycles. The Balaban J connectivity index is 1.59. The minimum atomic E-state index is 0.307. The molecule has 0 aliphatic carbocycles. The monoisotopic (exact) mass is 602 g/mol. The van der Waals surface area contributed by atoms with Crippen molar-refractivity contribution >= 4 is 45.1 Å². The molecule has 2 N–H and O–H groups in total. The summed E-state index contributed by atoms with van der Waals surface area (Å²) in [6, 6.07) is 20.9. The van der Waals surface area contributed by atoms with E-state index in [0.717, 1.165) is 66.8 Å². The predicted molar refractivity (Wildman–Crippen MR) is 189 cm³/mol. The van der Waals surface area contributed by atoms with Crippen LogP contribution < -0.4 is 0 Å². The van der Waals surface area contributed by atoms with Crippen LogP contribution in [0, 0.1) is 0 Å². The molecule has 0 aromatic heterocycles. The fraction of sp³-hybridized carbons (Fsp3) is 0.474. The number of phenols is 2. The van der Waals surface area contributed by atoms with E-state index in [1.165, 1.54) is 77.0 Å². The topological polar surface area (TPSA) is 40.5 Å². The van der Waals surface area contributed by atoms with Gasteiger partial charge in [-0.2, -0.15) is 23.5 Å². The molecular formula is C38H50O2S2. The molecular weight excluding hydrogens is 553 g/mol. The van der Waals surface area contributed by atoms with E-state index < -0.39 is 0 Å². The number of hydrogen-bond donors (Lipinski definition) is 2. The van der Waals surface area contributed by atoms with Gasteiger partial charge in [0, 0.05) is 33.8 Å². The van der Waals surface area contributed by atoms with Gasteiger partial charge in [-0.05, 0) is 58.0 Å². The van der Waals surface area contributed by atoms with Gasteiger partial charge in [0.1, 0.15) is 11.5 Å². The lowest BCUT2D eigenvalue weighted by Crippen LogP contribution is -1.95. The summed E-state index contributed by atoms with van der Waals surface area (Å²) in [4.78, 5) is 0. The second kappa shape index (κ2) is 17.7. The van der Waals surface area contributed by atoms with E-state index in [1.807, 2.05) is 35.7 Å². The Morgan fingerprint density at radius 2 is 0.881 bits per heavy atom. The Bertz CT molecular complexity index is 1290. The number of rotatable bonds is 19. The van der Waals surface area contributed by atoms with E-state index in [-0.39, 0.29) is 0 Å². The Morgan fingerprint density at radius 3 is 1.31 bits per heavy atom. The van der Waals surface area contributed by atoms with Crippen LogP contribution >= 0.6 is 23.5 Å². The maximum Gasteiger partial charge on any atom is 0.128 e. The van der Waals surface area contributed by atoms with Gasteiger partial charge in [0.05, 0.1) is 0 Å². The summed E-state index contributed by atoms with van der Waals surface area (Å²) in [6.45, 7) is 4.52. The van der Waals surface area contributed by atoms with Crippen molar-refractivity contribution in [3.05, 3.63) is 71.8 Å². The highest BCUT2D eigenvalue weighted by Gasteiger charge is 2.22. The molecule has 4 aromatic carbocycles. The van der Waals surface area contributed by atoms with Crippen molar-refractivity contribution in [3.8, 4) is 22.6 Å². The van der Waals surface area contributed by atoms with Crippen LogP contribution in [0.1, 0.15) is 102 Å². The number of hydrogen-bond acceptors (Lipinski definition) is 4. The van der Waals surface area contributed by atoms with Gasteiger partial charge in [-0.25, -0.2) is 0 Å². The second-order valence-corrected chi connectivity index (χ2v) is 13.8. The van der Waals surface area contributed by atoms with Crippen LogP contribution in [-0.4, -0.2) is 21.7 Å². The zero-order valence-electron chi connectivity index (χ0n) is 25.8. The lowest BCUT2D eigenvalue weighted by Gasteiger charge is -2.19. The Kier molecular flexibility index (Phi) is 13.8. The van der Waals surface area contributed by atoms with Crippen molar-refractivity contribution in [1.29, 1.82) is 0 Å². The Hall–Kier alpha value is -2.30. The summed E-state index contributed by atoms with van der Waals surface area (Å²) in [5.74, 6) is 4.36. The predicted octanol–water partition coefficient (Wildman–Crippen LogP) is 12.3. The van der Waals surface area contributed by atoms with Crippen molar-refractivity contribution < 1.29 is 10.2 Å². The Labute approximate surface area is 262 Å². The van der Waals surface area contributed by atoms with Crippen LogP contribution in [0.25, 0.3) is 32.7 Å². The summed E-state index contributed by atoms with van der Waals surface area (Å²) in [5, 5.41) is 27.8. The molecule has 4 heteroatoms. The van der Waals surface area contributed by atoms with Gasteiger partial charge in [0.15, 0.2) is 0 Å². The van der Waals surface area contributed by atoms with E-state index in [9.17, 15) is 10.2 Å². The molecule has 0 fully saturated rings. The van der Waals surface area contributed by atoms with Crippen LogP contribution in [0.4, 0.5) is 0 Å². The molecule has 0 amide bonds. The molecule has 0 aliphatic rings. The number of phenolic OH excluding ortho intramolecular Hbond substituents is 2. The smallest absolute Gasteiger partial charge is 0.128 e. The molecule has 0 bridgehead atoms. The molecule has 42 heavy (non-hydrogen) atoms. The van der Waals surface area contributed by atoms with Gasteiger partial charge >= 0.3 is 0 Å². The average molecular weight is 603 g/mol. The molecule has 0 spiro atoms. The SMILES string of the molecule is CCCCCCCCSCc1cc2ccccc2c(-c2c(O)c(CSCCCCCCCC)cc3ccccc23)c1O. The molecule has 226 valence electrons. The lowest BCUT2D eigenvalue weighted by molar-refractivity contribution is 0.465. The van der Waals surface area contributed by atoms with Gasteiger partial charge in [-0.15, -0.1) is 0 Å². The van der Waals surface area contributed by atoms with E-state index in [0.29, 0.717) is 11.5 Å². The van der Waals surface area contributed by atoms with Gasteiger partial charge < -0.3 is 10.2 Å². The highest BCUT2D eigenvalue weighted by atomic mass is 32.2. The third kappa shape index (κ3) is 8.86. The lowest BCUT2D eigenvalue weighted by atomic mass is 9.89. The van der Waals surface area contributed by atoms with Crippen LogP contribution in [0.3, 0.4) is 0 Å². The molecule has 0 heterocycles. The van der Waals surface area contributed by atoms with Crippen LogP contribution in [0.15, 0.2) is 60.7 Å². The molecule has 0 aliphatic heterocycles. The summed E-state index contributed by atoms with van der Waals surface area (Å²) in [6.07, 6.45) is 15.6. The van der Waals surface area contributed by atoms with Crippen molar-refractivity contribution in [1.82, 2.24) is 0 Å². The second-order valence-electron chi connectivity index (χ2n) is 11.6. The fourth-order valence-corrected chi connectivity index (χ4v) is 7.83. The number of fused-ring (bicyclic) bond motifs is 2. The average Bonchev–Trinajstić information content (AvgIpc) is 3.01. The van der Waals surface area contributed by atoms with Crippen LogP contribution in [-0.2, 0) is 11.5 Å². The summed E-state index contributed by atoms with van der Waals surface area (Å²) < 4.78 is 0. The van der Waals surface area contributed by atoms with Gasteiger partial charge in [0.2, 0.25) is 0 Å². The first kappa shape index (κ1) is 32.6. The summed E-state index contributed by atoms with van der Waals surface area (Å²) in [5.41, 5.74) is 3.43. The third-order valence-corrected chi connectivity index (χ3v) is 10.4. The van der Waals surface area contributed by atoms with Crippen molar-refractivity contribution in [2.24, 2.45) is 0 Å². The van der Waals surface area contributed by atoms with E-state index >= 15 is 0 Å². The summed E-state index contributed by atoms with van der Waals surface area (Å²) in [7, 11) is 0. The number of benzene rings is 4. The van der Waals surface area contributed by atoms with E-state index in [2.05, 4.69) is 62.4 Å². The number of aromatic hydroxyl groups is 2.